The minimum Gasteiger partial charge on any atom is -0.482 e. The lowest BCUT2D eigenvalue weighted by molar-refractivity contribution is -0.143. The van der Waals surface area contributed by atoms with E-state index in [2.05, 4.69) is 23.9 Å². The number of hydrogen-bond donors (Lipinski definition) is 1. The van der Waals surface area contributed by atoms with Gasteiger partial charge < -0.3 is 19.7 Å². The Balaban J connectivity index is 1.76. The SMILES string of the molecule is COC(=O)COc1ccc(S(=O)(=O)N2CCN(C(C)=O)C[C@@H]2C(=O)NCc2ccc(C(C)C)cc2)cc1. The maximum Gasteiger partial charge on any atom is 0.343 e. The highest BCUT2D eigenvalue weighted by Crippen LogP contribution is 2.24. The van der Waals surface area contributed by atoms with Crippen LogP contribution >= 0.6 is 0 Å². The number of rotatable bonds is 9. The molecule has 1 heterocycles. The summed E-state index contributed by atoms with van der Waals surface area (Å²) < 4.78 is 37.9. The molecule has 0 bridgehead atoms. The molecule has 3 rings (SSSR count). The Bertz CT molecular complexity index is 1210. The molecule has 0 saturated carbocycles. The van der Waals surface area contributed by atoms with Gasteiger partial charge in [0.15, 0.2) is 6.61 Å². The van der Waals surface area contributed by atoms with E-state index in [0.29, 0.717) is 11.7 Å². The van der Waals surface area contributed by atoms with Gasteiger partial charge in [-0.25, -0.2) is 13.2 Å². The van der Waals surface area contributed by atoms with E-state index in [1.165, 1.54) is 48.8 Å². The van der Waals surface area contributed by atoms with E-state index in [-0.39, 0.29) is 43.6 Å². The average molecular weight is 532 g/mol. The van der Waals surface area contributed by atoms with Gasteiger partial charge in [-0.05, 0) is 41.3 Å². The lowest BCUT2D eigenvalue weighted by atomic mass is 10.0. The largest absolute Gasteiger partial charge is 0.482 e. The number of nitrogens with zero attached hydrogens (tertiary/aromatic N) is 2. The lowest BCUT2D eigenvalue weighted by Crippen LogP contribution is -2.61. The molecule has 0 radical (unpaired) electrons. The molecule has 1 aliphatic heterocycles. The molecule has 10 nitrogen and oxygen atoms in total. The summed E-state index contributed by atoms with van der Waals surface area (Å²) in [5.74, 6) is -0.601. The molecule has 11 heteroatoms. The Kier molecular flexibility index (Phi) is 9.28. The highest BCUT2D eigenvalue weighted by molar-refractivity contribution is 7.89. The first kappa shape index (κ1) is 28.1. The number of carbonyl (C=O) groups excluding carboxylic acids is 3. The van der Waals surface area contributed by atoms with Crippen LogP contribution in [-0.4, -0.2) is 74.8 Å². The second-order valence-electron chi connectivity index (χ2n) is 9.05. The fourth-order valence-corrected chi connectivity index (χ4v) is 5.50. The van der Waals surface area contributed by atoms with E-state index < -0.39 is 27.9 Å². The maximum atomic E-state index is 13.5. The summed E-state index contributed by atoms with van der Waals surface area (Å²) in [7, 11) is -2.83. The minimum atomic E-state index is -4.07. The monoisotopic (exact) mass is 531 g/mol. The van der Waals surface area contributed by atoms with Crippen molar-refractivity contribution in [2.24, 2.45) is 0 Å². The fraction of sp³-hybridized carbons (Fsp3) is 0.423. The van der Waals surface area contributed by atoms with Gasteiger partial charge in [-0.3, -0.25) is 9.59 Å². The van der Waals surface area contributed by atoms with Gasteiger partial charge >= 0.3 is 5.97 Å². The highest BCUT2D eigenvalue weighted by Gasteiger charge is 2.40. The molecular weight excluding hydrogens is 498 g/mol. The summed E-state index contributed by atoms with van der Waals surface area (Å²) in [6.45, 7) is 5.61. The van der Waals surface area contributed by atoms with E-state index >= 15 is 0 Å². The Morgan fingerprint density at radius 3 is 2.24 bits per heavy atom. The van der Waals surface area contributed by atoms with E-state index in [1.807, 2.05) is 24.3 Å². The molecule has 0 spiro atoms. The van der Waals surface area contributed by atoms with Gasteiger partial charge in [0, 0.05) is 33.1 Å². The number of piperazine rings is 1. The zero-order chi connectivity index (χ0) is 27.2. The first-order chi connectivity index (χ1) is 17.5. The van der Waals surface area contributed by atoms with Crippen LogP contribution in [-0.2, 0) is 35.7 Å². The summed E-state index contributed by atoms with van der Waals surface area (Å²) in [6.07, 6.45) is 0. The maximum absolute atomic E-state index is 13.5. The predicted molar refractivity (Wildman–Crippen MR) is 136 cm³/mol. The normalized spacial score (nSPS) is 16.4. The van der Waals surface area contributed by atoms with Crippen molar-refractivity contribution < 1.29 is 32.3 Å². The van der Waals surface area contributed by atoms with E-state index in [9.17, 15) is 22.8 Å². The molecule has 0 aliphatic carbocycles. The minimum absolute atomic E-state index is 0.0241. The highest BCUT2D eigenvalue weighted by atomic mass is 32.2. The number of esters is 1. The van der Waals surface area contributed by atoms with Gasteiger partial charge in [-0.1, -0.05) is 38.1 Å². The van der Waals surface area contributed by atoms with E-state index in [0.717, 1.165) is 9.87 Å². The first-order valence-corrected chi connectivity index (χ1v) is 13.4. The number of amides is 2. The van der Waals surface area contributed by atoms with Gasteiger partial charge in [0.2, 0.25) is 21.8 Å². The van der Waals surface area contributed by atoms with Crippen molar-refractivity contribution in [3.05, 3.63) is 59.7 Å². The Morgan fingerprint density at radius 2 is 1.68 bits per heavy atom. The van der Waals surface area contributed by atoms with Crippen molar-refractivity contribution >= 4 is 27.8 Å². The van der Waals surface area contributed by atoms with Crippen LogP contribution in [0, 0.1) is 0 Å². The van der Waals surface area contributed by atoms with E-state index in [1.54, 1.807) is 0 Å². The smallest absolute Gasteiger partial charge is 0.343 e. The van der Waals surface area contributed by atoms with E-state index in [4.69, 9.17) is 4.74 Å². The van der Waals surface area contributed by atoms with Crippen LogP contribution in [0.25, 0.3) is 0 Å². The Hall–Kier alpha value is -3.44. The topological polar surface area (TPSA) is 122 Å². The second kappa shape index (κ2) is 12.2. The number of sulfonamides is 1. The molecular formula is C26H33N3O7S. The fourth-order valence-electron chi connectivity index (χ4n) is 3.93. The van der Waals surface area contributed by atoms with Gasteiger partial charge in [-0.15, -0.1) is 0 Å². The molecule has 37 heavy (non-hydrogen) atoms. The Morgan fingerprint density at radius 1 is 1.03 bits per heavy atom. The molecule has 1 atom stereocenters. The van der Waals surface area contributed by atoms with Crippen LogP contribution in [0.1, 0.15) is 37.8 Å². The van der Waals surface area contributed by atoms with Crippen molar-refractivity contribution in [3.63, 3.8) is 0 Å². The number of hydrogen-bond acceptors (Lipinski definition) is 7. The number of carbonyl (C=O) groups is 3. The molecule has 0 unspecified atom stereocenters. The zero-order valence-electron chi connectivity index (χ0n) is 21.5. The van der Waals surface area contributed by atoms with Gasteiger partial charge in [-0.2, -0.15) is 4.31 Å². The molecule has 2 amide bonds. The average Bonchev–Trinajstić information content (AvgIpc) is 2.90. The van der Waals surface area contributed by atoms with Crippen molar-refractivity contribution in [2.45, 2.75) is 44.2 Å². The molecule has 1 saturated heterocycles. The third kappa shape index (κ3) is 7.07. The molecule has 200 valence electrons. The van der Waals surface area contributed by atoms with Gasteiger partial charge in [0.25, 0.3) is 0 Å². The molecule has 1 fully saturated rings. The van der Waals surface area contributed by atoms with Crippen molar-refractivity contribution in [1.29, 1.82) is 0 Å². The quantitative estimate of drug-likeness (QED) is 0.491. The number of benzene rings is 2. The van der Waals surface area contributed by atoms with Crippen molar-refractivity contribution in [1.82, 2.24) is 14.5 Å². The number of methoxy groups -OCH3 is 1. The second-order valence-corrected chi connectivity index (χ2v) is 10.9. The van der Waals surface area contributed by atoms with Crippen LogP contribution in [0.2, 0.25) is 0 Å². The first-order valence-electron chi connectivity index (χ1n) is 12.0. The van der Waals surface area contributed by atoms with Crippen molar-refractivity contribution in [3.8, 4) is 5.75 Å². The van der Waals surface area contributed by atoms with Crippen LogP contribution in [0.5, 0.6) is 5.75 Å². The zero-order valence-corrected chi connectivity index (χ0v) is 22.3. The lowest BCUT2D eigenvalue weighted by Gasteiger charge is -2.39. The van der Waals surface area contributed by atoms with Crippen molar-refractivity contribution in [2.75, 3.05) is 33.4 Å². The summed E-state index contributed by atoms with van der Waals surface area (Å²) in [5, 5.41) is 2.83. The summed E-state index contributed by atoms with van der Waals surface area (Å²) >= 11 is 0. The van der Waals surface area contributed by atoms with Crippen LogP contribution < -0.4 is 10.1 Å². The third-order valence-electron chi connectivity index (χ3n) is 6.21. The number of ether oxygens (including phenoxy) is 2. The molecule has 2 aromatic rings. The van der Waals surface area contributed by atoms with Crippen LogP contribution in [0.15, 0.2) is 53.4 Å². The molecule has 2 aromatic carbocycles. The third-order valence-corrected chi connectivity index (χ3v) is 8.13. The van der Waals surface area contributed by atoms with Crippen LogP contribution in [0.4, 0.5) is 0 Å². The van der Waals surface area contributed by atoms with Crippen LogP contribution in [0.3, 0.4) is 0 Å². The molecule has 0 aromatic heterocycles. The molecule has 1 aliphatic rings. The number of nitrogens with one attached hydrogen (secondary N) is 1. The molecule has 1 N–H and O–H groups in total. The predicted octanol–water partition coefficient (Wildman–Crippen LogP) is 1.90. The summed E-state index contributed by atoms with van der Waals surface area (Å²) in [6, 6.07) is 12.3. The summed E-state index contributed by atoms with van der Waals surface area (Å²) in [4.78, 5) is 37.9. The summed E-state index contributed by atoms with van der Waals surface area (Å²) in [5.41, 5.74) is 2.06. The standard InChI is InChI=1S/C26H33N3O7S/c1-18(2)21-7-5-20(6-8-21)15-27-26(32)24-16-28(19(3)30)13-14-29(24)37(33,34)23-11-9-22(10-12-23)36-17-25(31)35-4/h5-12,18,24H,13-17H2,1-4H3,(H,27,32)/t24-/m1/s1. The Labute approximate surface area is 217 Å². The van der Waals surface area contributed by atoms with Gasteiger partial charge in [0.1, 0.15) is 11.8 Å². The van der Waals surface area contributed by atoms with Gasteiger partial charge in [0.05, 0.1) is 12.0 Å².